The van der Waals surface area contributed by atoms with Crippen molar-refractivity contribution in [3.63, 3.8) is 0 Å². The number of rotatable bonds is 2. The quantitative estimate of drug-likeness (QED) is 0.747. The van der Waals surface area contributed by atoms with Crippen LogP contribution in [0, 0.1) is 0 Å². The number of pyridine rings is 1. The molecule has 0 aliphatic carbocycles. The lowest BCUT2D eigenvalue weighted by Gasteiger charge is -2.07. The van der Waals surface area contributed by atoms with Gasteiger partial charge in [0.15, 0.2) is 0 Å². The predicted octanol–water partition coefficient (Wildman–Crippen LogP) is 2.59. The molecule has 1 unspecified atom stereocenters. The molecule has 3 heteroatoms. The minimum atomic E-state index is 0.366. The van der Waals surface area contributed by atoms with Gasteiger partial charge in [0.05, 0.1) is 0 Å². The Balaban J connectivity index is 2.27. The van der Waals surface area contributed by atoms with Crippen molar-refractivity contribution >= 4 is 11.5 Å². The van der Waals surface area contributed by atoms with E-state index in [0.717, 1.165) is 18.1 Å². The molecule has 0 saturated carbocycles. The van der Waals surface area contributed by atoms with E-state index in [-0.39, 0.29) is 0 Å². The van der Waals surface area contributed by atoms with E-state index in [1.54, 1.807) is 0 Å². The van der Waals surface area contributed by atoms with Gasteiger partial charge in [0, 0.05) is 36.1 Å². The van der Waals surface area contributed by atoms with Crippen molar-refractivity contribution in [2.45, 2.75) is 19.8 Å². The van der Waals surface area contributed by atoms with Gasteiger partial charge in [-0.25, -0.2) is 4.98 Å². The number of fused-ring (bicyclic) bond motifs is 1. The summed E-state index contributed by atoms with van der Waals surface area (Å²) in [5.74, 6) is 1.36. The topological polar surface area (TPSA) is 37.3 Å². The summed E-state index contributed by atoms with van der Waals surface area (Å²) < 4.78 is 0. The third-order valence-corrected chi connectivity index (χ3v) is 2.62. The van der Waals surface area contributed by atoms with E-state index in [1.165, 1.54) is 5.56 Å². The van der Waals surface area contributed by atoms with Crippen LogP contribution in [-0.2, 0) is 0 Å². The van der Waals surface area contributed by atoms with Crippen molar-refractivity contribution in [3.8, 4) is 0 Å². The van der Waals surface area contributed by atoms with Crippen LogP contribution >= 0.6 is 0 Å². The second-order valence-electron chi connectivity index (χ2n) is 3.63. The molecule has 15 heavy (non-hydrogen) atoms. The Bertz CT molecular complexity index is 407. The van der Waals surface area contributed by atoms with Gasteiger partial charge in [0.1, 0.15) is 5.82 Å². The fourth-order valence-corrected chi connectivity index (χ4v) is 1.81. The molecule has 78 valence electrons. The number of allylic oxidation sites excluding steroid dienone is 1. The Hall–Kier alpha value is -1.64. The lowest BCUT2D eigenvalue weighted by Crippen LogP contribution is -2.10. The highest BCUT2D eigenvalue weighted by atomic mass is 15.0. The average molecular weight is 201 g/mol. The summed E-state index contributed by atoms with van der Waals surface area (Å²) in [6, 6.07) is 4.09. The lowest BCUT2D eigenvalue weighted by molar-refractivity contribution is 0.989. The summed E-state index contributed by atoms with van der Waals surface area (Å²) in [5, 5.41) is 3.29. The van der Waals surface area contributed by atoms with Gasteiger partial charge in [-0.1, -0.05) is 12.1 Å². The van der Waals surface area contributed by atoms with Gasteiger partial charge in [-0.05, 0) is 19.9 Å². The molecular formula is C12H15N3. The molecular weight excluding hydrogens is 186 g/mol. The number of nitrogens with zero attached hydrogens (tertiary/aromatic N) is 2. The zero-order valence-corrected chi connectivity index (χ0v) is 9.07. The number of nitrogens with one attached hydrogen (secondary N) is 1. The molecule has 1 aromatic heterocycles. The van der Waals surface area contributed by atoms with Gasteiger partial charge in [0.25, 0.3) is 0 Å². The minimum Gasteiger partial charge on any atom is -0.369 e. The predicted molar refractivity (Wildman–Crippen MR) is 63.4 cm³/mol. The first-order chi connectivity index (χ1) is 7.33. The van der Waals surface area contributed by atoms with Crippen molar-refractivity contribution in [2.75, 3.05) is 11.9 Å². The smallest absolute Gasteiger partial charge is 0.129 e. The Kier molecular flexibility index (Phi) is 2.81. The van der Waals surface area contributed by atoms with Crippen LogP contribution in [0.5, 0.6) is 0 Å². The van der Waals surface area contributed by atoms with Crippen molar-refractivity contribution in [1.29, 1.82) is 0 Å². The molecule has 0 radical (unpaired) electrons. The normalized spacial score (nSPS) is 20.4. The van der Waals surface area contributed by atoms with Crippen LogP contribution in [0.2, 0.25) is 0 Å². The Morgan fingerprint density at radius 1 is 1.67 bits per heavy atom. The van der Waals surface area contributed by atoms with Crippen LogP contribution in [0.15, 0.2) is 35.6 Å². The highest BCUT2D eigenvalue weighted by Crippen LogP contribution is 2.30. The molecule has 0 fully saturated rings. The second kappa shape index (κ2) is 4.26. The first kappa shape index (κ1) is 9.90. The van der Waals surface area contributed by atoms with Gasteiger partial charge in [0.2, 0.25) is 0 Å². The van der Waals surface area contributed by atoms with Crippen LogP contribution in [0.1, 0.15) is 25.3 Å². The minimum absolute atomic E-state index is 0.366. The van der Waals surface area contributed by atoms with Gasteiger partial charge < -0.3 is 5.32 Å². The van der Waals surface area contributed by atoms with E-state index >= 15 is 0 Å². The summed E-state index contributed by atoms with van der Waals surface area (Å²) in [5.41, 5.74) is 2.38. The molecule has 0 amide bonds. The third kappa shape index (κ3) is 1.91. The number of hydrogen-bond acceptors (Lipinski definition) is 3. The Labute approximate surface area is 90.0 Å². The lowest BCUT2D eigenvalue weighted by atomic mass is 9.99. The molecule has 1 N–H and O–H groups in total. The van der Waals surface area contributed by atoms with E-state index in [4.69, 9.17) is 0 Å². The van der Waals surface area contributed by atoms with Crippen LogP contribution in [0.25, 0.3) is 0 Å². The molecule has 3 nitrogen and oxygen atoms in total. The molecule has 0 aromatic carbocycles. The first-order valence-corrected chi connectivity index (χ1v) is 5.17. The van der Waals surface area contributed by atoms with Crippen molar-refractivity contribution in [1.82, 2.24) is 4.98 Å². The van der Waals surface area contributed by atoms with Crippen molar-refractivity contribution in [3.05, 3.63) is 36.2 Å². The summed E-state index contributed by atoms with van der Waals surface area (Å²) in [6.07, 6.45) is 5.59. The van der Waals surface area contributed by atoms with E-state index in [1.807, 2.05) is 31.5 Å². The van der Waals surface area contributed by atoms with Crippen LogP contribution in [0.3, 0.4) is 0 Å². The van der Waals surface area contributed by atoms with Crippen LogP contribution in [0.4, 0.5) is 5.82 Å². The molecule has 1 atom stereocenters. The monoisotopic (exact) mass is 201 g/mol. The third-order valence-electron chi connectivity index (χ3n) is 2.62. The van der Waals surface area contributed by atoms with Gasteiger partial charge in [-0.2, -0.15) is 0 Å². The van der Waals surface area contributed by atoms with E-state index < -0.39 is 0 Å². The largest absolute Gasteiger partial charge is 0.369 e. The maximum atomic E-state index is 4.39. The number of aliphatic imine (C=N–C) groups is 1. The maximum Gasteiger partial charge on any atom is 0.129 e. The fraction of sp³-hybridized carbons (Fsp3) is 0.333. The average Bonchev–Trinajstić information content (AvgIpc) is 2.69. The van der Waals surface area contributed by atoms with Gasteiger partial charge in [-0.15, -0.1) is 0 Å². The number of aromatic nitrogens is 1. The summed E-state index contributed by atoms with van der Waals surface area (Å²) in [6.45, 7) is 4.94. The summed E-state index contributed by atoms with van der Waals surface area (Å²) in [7, 11) is 0. The highest BCUT2D eigenvalue weighted by molar-refractivity contribution is 5.92. The molecule has 0 spiro atoms. The fourth-order valence-electron chi connectivity index (χ4n) is 1.81. The Morgan fingerprint density at radius 3 is 3.33 bits per heavy atom. The maximum absolute atomic E-state index is 4.39. The highest BCUT2D eigenvalue weighted by Gasteiger charge is 2.24. The van der Waals surface area contributed by atoms with Gasteiger partial charge in [-0.3, -0.25) is 4.99 Å². The molecule has 0 bridgehead atoms. The van der Waals surface area contributed by atoms with E-state index in [2.05, 4.69) is 28.3 Å². The molecule has 1 aliphatic heterocycles. The van der Waals surface area contributed by atoms with Crippen molar-refractivity contribution in [2.24, 2.45) is 4.99 Å². The number of hydrogen-bond donors (Lipinski definition) is 1. The molecule has 2 rings (SSSR count). The van der Waals surface area contributed by atoms with Gasteiger partial charge >= 0.3 is 0 Å². The van der Waals surface area contributed by atoms with E-state index in [0.29, 0.717) is 5.92 Å². The molecule has 0 saturated heterocycles. The van der Waals surface area contributed by atoms with Crippen molar-refractivity contribution < 1.29 is 0 Å². The molecule has 1 aliphatic rings. The second-order valence-corrected chi connectivity index (χ2v) is 3.63. The van der Waals surface area contributed by atoms with Crippen LogP contribution in [-0.4, -0.2) is 17.2 Å². The Morgan fingerprint density at radius 2 is 2.53 bits per heavy atom. The summed E-state index contributed by atoms with van der Waals surface area (Å²) >= 11 is 0. The SMILES string of the molecule is C/C=C\N=C(/C)C1CNc2ncccc21. The van der Waals surface area contributed by atoms with Crippen LogP contribution < -0.4 is 5.32 Å². The zero-order chi connectivity index (χ0) is 10.7. The standard InChI is InChI=1S/C12H15N3/c1-3-6-13-9(2)11-8-15-12-10(11)5-4-7-14-12/h3-7,11H,8H2,1-2H3,(H,14,15)/b6-3-,13-9+. The number of anilines is 1. The molecule has 1 aromatic rings. The van der Waals surface area contributed by atoms with E-state index in [9.17, 15) is 0 Å². The summed E-state index contributed by atoms with van der Waals surface area (Å²) in [4.78, 5) is 8.68. The first-order valence-electron chi connectivity index (χ1n) is 5.17. The molecule has 2 heterocycles. The zero-order valence-electron chi connectivity index (χ0n) is 9.07.